The Morgan fingerprint density at radius 3 is 2.96 bits per heavy atom. The number of imidazole rings is 1. The highest BCUT2D eigenvalue weighted by molar-refractivity contribution is 7.99. The van der Waals surface area contributed by atoms with E-state index < -0.39 is 0 Å². The molecule has 0 aliphatic heterocycles. The van der Waals surface area contributed by atoms with Crippen LogP contribution in [0, 0.1) is 0 Å². The van der Waals surface area contributed by atoms with Crippen LogP contribution < -0.4 is 5.43 Å². The maximum absolute atomic E-state index is 11.9. The summed E-state index contributed by atoms with van der Waals surface area (Å²) in [5.41, 5.74) is 5.11. The molecular formula is C17H16N4O2S. The highest BCUT2D eigenvalue weighted by Gasteiger charge is 2.09. The van der Waals surface area contributed by atoms with Crippen LogP contribution in [0.5, 0.6) is 5.75 Å². The number of phenols is 1. The Kier molecular flexibility index (Phi) is 4.81. The fraction of sp³-hybridized carbons (Fsp3) is 0.118. The molecule has 0 saturated heterocycles. The van der Waals surface area contributed by atoms with Gasteiger partial charge in [0.05, 0.1) is 23.0 Å². The number of hydrogen-bond donors (Lipinski definition) is 2. The van der Waals surface area contributed by atoms with Crippen molar-refractivity contribution in [3.8, 4) is 5.75 Å². The number of fused-ring (bicyclic) bond motifs is 1. The van der Waals surface area contributed by atoms with Gasteiger partial charge in [0.1, 0.15) is 5.75 Å². The SMILES string of the molecule is Cn1c(SCC(=O)NN=Cc2cccc(O)c2)nc2ccccc21. The number of hydrazone groups is 1. The van der Waals surface area contributed by atoms with Gasteiger partial charge < -0.3 is 9.67 Å². The molecule has 7 heteroatoms. The summed E-state index contributed by atoms with van der Waals surface area (Å²) in [7, 11) is 1.93. The van der Waals surface area contributed by atoms with Gasteiger partial charge in [-0.25, -0.2) is 10.4 Å². The van der Waals surface area contributed by atoms with Crippen LogP contribution in [0.1, 0.15) is 5.56 Å². The predicted molar refractivity (Wildman–Crippen MR) is 95.3 cm³/mol. The van der Waals surface area contributed by atoms with E-state index in [4.69, 9.17) is 0 Å². The number of carbonyl (C=O) groups is 1. The van der Waals surface area contributed by atoms with E-state index in [2.05, 4.69) is 15.5 Å². The largest absolute Gasteiger partial charge is 0.508 e. The molecule has 0 unspecified atom stereocenters. The maximum atomic E-state index is 11.9. The number of thioether (sulfide) groups is 1. The van der Waals surface area contributed by atoms with E-state index in [0.29, 0.717) is 5.56 Å². The van der Waals surface area contributed by atoms with E-state index in [-0.39, 0.29) is 17.4 Å². The number of aromatic nitrogens is 2. The summed E-state index contributed by atoms with van der Waals surface area (Å²) in [4.78, 5) is 16.4. The molecule has 3 rings (SSSR count). The summed E-state index contributed by atoms with van der Waals surface area (Å²) in [5, 5.41) is 14.0. The van der Waals surface area contributed by atoms with E-state index in [9.17, 15) is 9.90 Å². The van der Waals surface area contributed by atoms with Crippen LogP contribution in [0.25, 0.3) is 11.0 Å². The Morgan fingerprint density at radius 1 is 1.33 bits per heavy atom. The van der Waals surface area contributed by atoms with E-state index >= 15 is 0 Å². The van der Waals surface area contributed by atoms with Gasteiger partial charge in [-0.15, -0.1) is 0 Å². The maximum Gasteiger partial charge on any atom is 0.250 e. The van der Waals surface area contributed by atoms with Gasteiger partial charge in [-0.3, -0.25) is 4.79 Å². The minimum absolute atomic E-state index is 0.155. The van der Waals surface area contributed by atoms with Gasteiger partial charge in [-0.05, 0) is 29.8 Å². The summed E-state index contributed by atoms with van der Waals surface area (Å²) in [6.45, 7) is 0. The van der Waals surface area contributed by atoms with Gasteiger partial charge in [0.2, 0.25) is 0 Å². The summed E-state index contributed by atoms with van der Waals surface area (Å²) >= 11 is 1.36. The first-order valence-electron chi connectivity index (χ1n) is 7.28. The van der Waals surface area contributed by atoms with Crippen molar-refractivity contribution in [2.45, 2.75) is 5.16 Å². The average molecular weight is 340 g/mol. The number of aromatic hydroxyl groups is 1. The first-order chi connectivity index (χ1) is 11.6. The van der Waals surface area contributed by atoms with Gasteiger partial charge in [-0.1, -0.05) is 36.0 Å². The van der Waals surface area contributed by atoms with Crippen LogP contribution in [0.15, 0.2) is 58.8 Å². The molecule has 2 aromatic carbocycles. The molecule has 6 nitrogen and oxygen atoms in total. The Bertz CT molecular complexity index is 904. The number of hydrogen-bond acceptors (Lipinski definition) is 5. The summed E-state index contributed by atoms with van der Waals surface area (Å²) in [6, 6.07) is 14.5. The van der Waals surface area contributed by atoms with Crippen molar-refractivity contribution in [3.05, 3.63) is 54.1 Å². The predicted octanol–water partition coefficient (Wildman–Crippen LogP) is 2.52. The number of nitrogens with one attached hydrogen (secondary N) is 1. The van der Waals surface area contributed by atoms with E-state index in [1.165, 1.54) is 18.0 Å². The smallest absolute Gasteiger partial charge is 0.250 e. The fourth-order valence-electron chi connectivity index (χ4n) is 2.20. The lowest BCUT2D eigenvalue weighted by Gasteiger charge is -2.01. The van der Waals surface area contributed by atoms with E-state index in [0.717, 1.165) is 16.2 Å². The monoisotopic (exact) mass is 340 g/mol. The van der Waals surface area contributed by atoms with Gasteiger partial charge in [0.25, 0.3) is 5.91 Å². The van der Waals surface area contributed by atoms with Crippen molar-refractivity contribution in [3.63, 3.8) is 0 Å². The standard InChI is InChI=1S/C17H16N4O2S/c1-21-15-8-3-2-7-14(15)19-17(21)24-11-16(23)20-18-10-12-5-4-6-13(22)9-12/h2-10,22H,11H2,1H3,(H,20,23). The normalized spacial score (nSPS) is 11.2. The Balaban J connectivity index is 1.56. The highest BCUT2D eigenvalue weighted by atomic mass is 32.2. The lowest BCUT2D eigenvalue weighted by molar-refractivity contribution is -0.118. The summed E-state index contributed by atoms with van der Waals surface area (Å²) < 4.78 is 1.96. The first-order valence-corrected chi connectivity index (χ1v) is 8.27. The van der Waals surface area contributed by atoms with Gasteiger partial charge in [-0.2, -0.15) is 5.10 Å². The molecule has 3 aromatic rings. The zero-order valence-electron chi connectivity index (χ0n) is 13.0. The molecule has 24 heavy (non-hydrogen) atoms. The lowest BCUT2D eigenvalue weighted by atomic mass is 10.2. The second-order valence-electron chi connectivity index (χ2n) is 5.12. The van der Waals surface area contributed by atoms with Gasteiger partial charge >= 0.3 is 0 Å². The second kappa shape index (κ2) is 7.18. The molecular weight excluding hydrogens is 324 g/mol. The van der Waals surface area contributed by atoms with Crippen LogP contribution in [-0.2, 0) is 11.8 Å². The number of aryl methyl sites for hydroxylation is 1. The van der Waals surface area contributed by atoms with Crippen molar-refractivity contribution >= 4 is 34.9 Å². The second-order valence-corrected chi connectivity index (χ2v) is 6.06. The summed E-state index contributed by atoms with van der Waals surface area (Å²) in [5.74, 6) is 0.153. The Hall–Kier alpha value is -2.80. The quantitative estimate of drug-likeness (QED) is 0.425. The lowest BCUT2D eigenvalue weighted by Crippen LogP contribution is -2.19. The number of nitrogens with zero attached hydrogens (tertiary/aromatic N) is 3. The van der Waals surface area contributed by atoms with Crippen LogP contribution in [0.2, 0.25) is 0 Å². The summed E-state index contributed by atoms with van der Waals surface area (Å²) in [6.07, 6.45) is 1.48. The molecule has 0 bridgehead atoms. The first kappa shape index (κ1) is 16.1. The molecule has 0 aliphatic rings. The third kappa shape index (κ3) is 3.75. The Morgan fingerprint density at radius 2 is 2.17 bits per heavy atom. The van der Waals surface area contributed by atoms with Gasteiger partial charge in [0, 0.05) is 7.05 Å². The van der Waals surface area contributed by atoms with Crippen molar-refractivity contribution in [2.24, 2.45) is 12.1 Å². The molecule has 1 heterocycles. The molecule has 0 radical (unpaired) electrons. The van der Waals surface area contributed by atoms with Gasteiger partial charge in [0.15, 0.2) is 5.16 Å². The number of carbonyl (C=O) groups excluding carboxylic acids is 1. The molecule has 0 aliphatic carbocycles. The molecule has 1 aromatic heterocycles. The van der Waals surface area contributed by atoms with Crippen molar-refractivity contribution in [1.29, 1.82) is 0 Å². The van der Waals surface area contributed by atoms with E-state index in [1.54, 1.807) is 24.3 Å². The topological polar surface area (TPSA) is 79.5 Å². The van der Waals surface area contributed by atoms with Crippen molar-refractivity contribution in [1.82, 2.24) is 15.0 Å². The molecule has 2 N–H and O–H groups in total. The zero-order chi connectivity index (χ0) is 16.9. The number of benzene rings is 2. The number of rotatable bonds is 5. The molecule has 0 spiro atoms. The van der Waals surface area contributed by atoms with Crippen molar-refractivity contribution < 1.29 is 9.90 Å². The van der Waals surface area contributed by atoms with Crippen LogP contribution >= 0.6 is 11.8 Å². The van der Waals surface area contributed by atoms with Crippen LogP contribution in [0.3, 0.4) is 0 Å². The minimum atomic E-state index is -0.219. The third-order valence-electron chi connectivity index (χ3n) is 3.35. The molecule has 122 valence electrons. The van der Waals surface area contributed by atoms with Crippen molar-refractivity contribution in [2.75, 3.05) is 5.75 Å². The molecule has 0 fully saturated rings. The average Bonchev–Trinajstić information content (AvgIpc) is 2.90. The fourth-order valence-corrected chi connectivity index (χ4v) is 2.98. The third-order valence-corrected chi connectivity index (χ3v) is 4.38. The molecule has 0 saturated carbocycles. The minimum Gasteiger partial charge on any atom is -0.508 e. The van der Waals surface area contributed by atoms with E-state index in [1.807, 2.05) is 35.9 Å². The van der Waals surface area contributed by atoms with Crippen LogP contribution in [-0.4, -0.2) is 32.5 Å². The highest BCUT2D eigenvalue weighted by Crippen LogP contribution is 2.22. The zero-order valence-corrected chi connectivity index (χ0v) is 13.8. The number of phenolic OH excluding ortho intramolecular Hbond substituents is 1. The Labute approximate surface area is 143 Å². The molecule has 1 amide bonds. The number of amides is 1. The van der Waals surface area contributed by atoms with Crippen LogP contribution in [0.4, 0.5) is 0 Å². The number of para-hydroxylation sites is 2. The molecule has 0 atom stereocenters.